The SMILES string of the molecule is Cc1ccc2ncccc2c1NCC1CCC(NC(=O)c2cc(C(F)(F)F)ccc2Cl)CC1. The van der Waals surface area contributed by atoms with Crippen LogP contribution in [0.3, 0.4) is 0 Å². The van der Waals surface area contributed by atoms with Crippen LogP contribution in [0.2, 0.25) is 5.02 Å². The van der Waals surface area contributed by atoms with Crippen molar-refractivity contribution in [1.29, 1.82) is 0 Å². The van der Waals surface area contributed by atoms with Gasteiger partial charge < -0.3 is 10.6 Å². The molecule has 1 aromatic heterocycles. The van der Waals surface area contributed by atoms with E-state index in [9.17, 15) is 18.0 Å². The molecule has 2 aromatic carbocycles. The summed E-state index contributed by atoms with van der Waals surface area (Å²) in [6.07, 6.45) is 0.620. The Hall–Kier alpha value is -2.80. The van der Waals surface area contributed by atoms with Crippen LogP contribution >= 0.6 is 11.6 Å². The Bertz CT molecular complexity index is 1160. The summed E-state index contributed by atoms with van der Waals surface area (Å²) in [6, 6.07) is 10.8. The number of hydrogen-bond acceptors (Lipinski definition) is 3. The Morgan fingerprint density at radius 1 is 1.12 bits per heavy atom. The van der Waals surface area contributed by atoms with Crippen molar-refractivity contribution in [2.75, 3.05) is 11.9 Å². The summed E-state index contributed by atoms with van der Waals surface area (Å²) in [5.74, 6) is -0.117. The first-order valence-corrected chi connectivity index (χ1v) is 11.4. The number of carbonyl (C=O) groups is 1. The highest BCUT2D eigenvalue weighted by Crippen LogP contribution is 2.32. The minimum atomic E-state index is -4.52. The first kappa shape index (κ1) is 23.4. The lowest BCUT2D eigenvalue weighted by Gasteiger charge is -2.30. The molecule has 1 fully saturated rings. The van der Waals surface area contributed by atoms with Gasteiger partial charge in [-0.3, -0.25) is 9.78 Å². The number of hydrogen-bond donors (Lipinski definition) is 2. The molecule has 1 heterocycles. The number of carbonyl (C=O) groups excluding carboxylic acids is 1. The summed E-state index contributed by atoms with van der Waals surface area (Å²) in [6.45, 7) is 2.88. The average Bonchev–Trinajstić information content (AvgIpc) is 2.79. The van der Waals surface area contributed by atoms with Crippen LogP contribution in [-0.2, 0) is 6.18 Å². The van der Waals surface area contributed by atoms with Crippen molar-refractivity contribution in [2.24, 2.45) is 5.92 Å². The van der Waals surface area contributed by atoms with E-state index < -0.39 is 17.6 Å². The highest BCUT2D eigenvalue weighted by Gasteiger charge is 2.32. The smallest absolute Gasteiger partial charge is 0.384 e. The number of benzene rings is 2. The van der Waals surface area contributed by atoms with Crippen molar-refractivity contribution >= 4 is 34.1 Å². The zero-order valence-corrected chi connectivity index (χ0v) is 18.9. The molecule has 4 nitrogen and oxygen atoms in total. The van der Waals surface area contributed by atoms with Gasteiger partial charge in [-0.2, -0.15) is 13.2 Å². The fourth-order valence-corrected chi connectivity index (χ4v) is 4.60. The fourth-order valence-electron chi connectivity index (χ4n) is 4.39. The van der Waals surface area contributed by atoms with Crippen LogP contribution in [0.25, 0.3) is 10.9 Å². The number of aryl methyl sites for hydroxylation is 1. The second-order valence-corrected chi connectivity index (χ2v) is 9.00. The van der Waals surface area contributed by atoms with Gasteiger partial charge in [-0.25, -0.2) is 0 Å². The lowest BCUT2D eigenvalue weighted by molar-refractivity contribution is -0.137. The maximum Gasteiger partial charge on any atom is 0.416 e. The maximum atomic E-state index is 13.0. The topological polar surface area (TPSA) is 54.0 Å². The van der Waals surface area contributed by atoms with Gasteiger partial charge in [0.25, 0.3) is 5.91 Å². The van der Waals surface area contributed by atoms with E-state index in [1.54, 1.807) is 6.20 Å². The Morgan fingerprint density at radius 2 is 1.88 bits per heavy atom. The Morgan fingerprint density at radius 3 is 2.61 bits per heavy atom. The Kier molecular flexibility index (Phi) is 6.79. The van der Waals surface area contributed by atoms with Crippen LogP contribution in [0, 0.1) is 12.8 Å². The van der Waals surface area contributed by atoms with Crippen molar-refractivity contribution in [2.45, 2.75) is 44.8 Å². The van der Waals surface area contributed by atoms with E-state index >= 15 is 0 Å². The largest absolute Gasteiger partial charge is 0.416 e. The van der Waals surface area contributed by atoms with Crippen LogP contribution in [-0.4, -0.2) is 23.5 Å². The summed E-state index contributed by atoms with van der Waals surface area (Å²) in [7, 11) is 0. The van der Waals surface area contributed by atoms with E-state index in [-0.39, 0.29) is 16.6 Å². The number of anilines is 1. The number of halogens is 4. The standard InChI is InChI=1S/C25H25ClF3N3O/c1-15-4-11-22-19(3-2-12-30-22)23(15)31-14-16-5-8-18(9-6-16)32-24(33)20-13-17(25(27,28)29)7-10-21(20)26/h2-4,7,10-13,16,18,31H,5-6,8-9,14H2,1H3,(H,32,33). The van der Waals surface area contributed by atoms with E-state index in [1.807, 2.05) is 12.1 Å². The van der Waals surface area contributed by atoms with E-state index in [0.717, 1.165) is 72.6 Å². The van der Waals surface area contributed by atoms with Gasteiger partial charge in [-0.1, -0.05) is 17.7 Å². The third-order valence-electron chi connectivity index (χ3n) is 6.28. The number of aromatic nitrogens is 1. The van der Waals surface area contributed by atoms with E-state index in [2.05, 4.69) is 34.7 Å². The van der Waals surface area contributed by atoms with Crippen LogP contribution in [0.4, 0.5) is 18.9 Å². The first-order chi connectivity index (χ1) is 15.7. The van der Waals surface area contributed by atoms with Gasteiger partial charge >= 0.3 is 6.18 Å². The first-order valence-electron chi connectivity index (χ1n) is 11.0. The molecular weight excluding hydrogens is 451 g/mol. The molecule has 0 saturated heterocycles. The number of pyridine rings is 1. The molecule has 1 saturated carbocycles. The van der Waals surface area contributed by atoms with Crippen molar-refractivity contribution in [1.82, 2.24) is 10.3 Å². The third kappa shape index (κ3) is 5.41. The molecule has 4 rings (SSSR count). The second-order valence-electron chi connectivity index (χ2n) is 8.59. The van der Waals surface area contributed by atoms with Gasteiger partial charge in [0.15, 0.2) is 0 Å². The molecule has 33 heavy (non-hydrogen) atoms. The minimum Gasteiger partial charge on any atom is -0.384 e. The number of alkyl halides is 3. The predicted octanol–water partition coefficient (Wildman–Crippen LogP) is 6.62. The lowest BCUT2D eigenvalue weighted by atomic mass is 9.85. The molecule has 0 unspecified atom stereocenters. The summed E-state index contributed by atoms with van der Waals surface area (Å²) in [4.78, 5) is 17.0. The average molecular weight is 476 g/mol. The zero-order chi connectivity index (χ0) is 23.6. The van der Waals surface area contributed by atoms with Crippen molar-refractivity contribution in [3.8, 4) is 0 Å². The molecular formula is C25H25ClF3N3O. The monoisotopic (exact) mass is 475 g/mol. The van der Waals surface area contributed by atoms with Gasteiger partial charge in [0, 0.05) is 29.9 Å². The lowest BCUT2D eigenvalue weighted by Crippen LogP contribution is -2.38. The van der Waals surface area contributed by atoms with Gasteiger partial charge in [0.1, 0.15) is 0 Å². The van der Waals surface area contributed by atoms with Gasteiger partial charge in [-0.15, -0.1) is 0 Å². The summed E-state index contributed by atoms with van der Waals surface area (Å²) >= 11 is 5.99. The van der Waals surface area contributed by atoms with Crippen molar-refractivity contribution in [3.05, 3.63) is 70.4 Å². The van der Waals surface area contributed by atoms with E-state index in [1.165, 1.54) is 0 Å². The molecule has 0 spiro atoms. The molecule has 0 atom stereocenters. The molecule has 0 bridgehead atoms. The summed E-state index contributed by atoms with van der Waals surface area (Å²) in [5.41, 5.74) is 2.18. The van der Waals surface area contributed by atoms with Crippen molar-refractivity contribution < 1.29 is 18.0 Å². The van der Waals surface area contributed by atoms with E-state index in [4.69, 9.17) is 11.6 Å². The second kappa shape index (κ2) is 9.59. The maximum absolute atomic E-state index is 13.0. The molecule has 0 radical (unpaired) electrons. The number of rotatable bonds is 5. The van der Waals surface area contributed by atoms with Gasteiger partial charge in [0.05, 0.1) is 21.7 Å². The summed E-state index contributed by atoms with van der Waals surface area (Å²) < 4.78 is 39.0. The molecule has 8 heteroatoms. The number of nitrogens with zero attached hydrogens (tertiary/aromatic N) is 1. The number of fused-ring (bicyclic) bond motifs is 1. The molecule has 3 aromatic rings. The molecule has 0 aliphatic heterocycles. The zero-order valence-electron chi connectivity index (χ0n) is 18.2. The Balaban J connectivity index is 1.33. The number of amides is 1. The van der Waals surface area contributed by atoms with E-state index in [0.29, 0.717) is 5.92 Å². The van der Waals surface area contributed by atoms with Gasteiger partial charge in [-0.05, 0) is 80.5 Å². The highest BCUT2D eigenvalue weighted by molar-refractivity contribution is 6.33. The van der Waals surface area contributed by atoms with Crippen LogP contribution in [0.1, 0.15) is 47.2 Å². The summed E-state index contributed by atoms with van der Waals surface area (Å²) in [5, 5.41) is 7.55. The highest BCUT2D eigenvalue weighted by atomic mass is 35.5. The van der Waals surface area contributed by atoms with Crippen LogP contribution in [0.15, 0.2) is 48.7 Å². The number of nitrogens with one attached hydrogen (secondary N) is 2. The normalized spacial score (nSPS) is 18.8. The van der Waals surface area contributed by atoms with Crippen LogP contribution in [0.5, 0.6) is 0 Å². The Labute approximate surface area is 195 Å². The molecule has 1 aliphatic rings. The molecule has 1 amide bonds. The molecule has 174 valence electrons. The van der Waals surface area contributed by atoms with Gasteiger partial charge in [0.2, 0.25) is 0 Å². The van der Waals surface area contributed by atoms with Crippen LogP contribution < -0.4 is 10.6 Å². The molecule has 2 N–H and O–H groups in total. The molecule has 1 aliphatic carbocycles. The predicted molar refractivity (Wildman–Crippen MR) is 125 cm³/mol. The fraction of sp³-hybridized carbons (Fsp3) is 0.360. The van der Waals surface area contributed by atoms with Crippen molar-refractivity contribution in [3.63, 3.8) is 0 Å². The third-order valence-corrected chi connectivity index (χ3v) is 6.61. The minimum absolute atomic E-state index is 0.0123. The quantitative estimate of drug-likeness (QED) is 0.436.